The van der Waals surface area contributed by atoms with E-state index in [1.165, 1.54) is 24.5 Å². The Hall–Kier alpha value is -3.86. The number of piperazine rings is 1. The first kappa shape index (κ1) is 23.3. The highest BCUT2D eigenvalue weighted by Gasteiger charge is 2.52. The van der Waals surface area contributed by atoms with E-state index in [9.17, 15) is 9.18 Å². The summed E-state index contributed by atoms with van der Waals surface area (Å²) in [6.45, 7) is 5.76. The van der Waals surface area contributed by atoms with Crippen molar-refractivity contribution in [2.24, 2.45) is 5.41 Å². The van der Waals surface area contributed by atoms with E-state index < -0.39 is 11.6 Å². The standard InChI is InChI=1S/C27H26F2N6O3/c1-2-22(36)35-11-15-7-16(35)10-34(15)21-6-4-19-25(33-21)26(31-14-30-19)32-18-3-5-20(24(29)23(18)28)38-13-27-8-17(9-27)37-12-27/h2-6,14-17H,1,7-13H2,(H,30,31,32)/t15-,16-,17?,27?/m0/s1. The topological polar surface area (TPSA) is 92.7 Å². The Morgan fingerprint density at radius 2 is 2.05 bits per heavy atom. The molecule has 0 spiro atoms. The molecular weight excluding hydrogens is 494 g/mol. The van der Waals surface area contributed by atoms with E-state index in [-0.39, 0.29) is 46.8 Å². The van der Waals surface area contributed by atoms with Gasteiger partial charge in [-0.15, -0.1) is 0 Å². The van der Waals surface area contributed by atoms with Crippen molar-refractivity contribution in [3.05, 3.63) is 54.9 Å². The van der Waals surface area contributed by atoms with Crippen molar-refractivity contribution in [3.8, 4) is 5.75 Å². The number of carbonyl (C=O) groups excluding carboxylic acids is 1. The van der Waals surface area contributed by atoms with Crippen LogP contribution in [0.15, 0.2) is 43.2 Å². The van der Waals surface area contributed by atoms with Crippen LogP contribution in [-0.2, 0) is 9.53 Å². The first-order chi connectivity index (χ1) is 18.4. The summed E-state index contributed by atoms with van der Waals surface area (Å²) in [6, 6.07) is 6.82. The smallest absolute Gasteiger partial charge is 0.246 e. The quantitative estimate of drug-likeness (QED) is 0.473. The minimum Gasteiger partial charge on any atom is -0.490 e. The fourth-order valence-corrected chi connectivity index (χ4v) is 6.21. The lowest BCUT2D eigenvalue weighted by Crippen LogP contribution is -2.48. The summed E-state index contributed by atoms with van der Waals surface area (Å²) < 4.78 is 41.2. The third kappa shape index (κ3) is 3.67. The Morgan fingerprint density at radius 3 is 2.79 bits per heavy atom. The van der Waals surface area contributed by atoms with Crippen LogP contribution in [0.3, 0.4) is 0 Å². The van der Waals surface area contributed by atoms with Crippen LogP contribution in [0.1, 0.15) is 19.3 Å². The molecule has 5 aliphatic rings. The van der Waals surface area contributed by atoms with Gasteiger partial charge in [-0.2, -0.15) is 4.39 Å². The van der Waals surface area contributed by atoms with Gasteiger partial charge in [0, 0.05) is 18.5 Å². The zero-order valence-electron chi connectivity index (χ0n) is 20.6. The van der Waals surface area contributed by atoms with E-state index in [0.29, 0.717) is 37.3 Å². The molecule has 1 saturated carbocycles. The molecule has 1 N–H and O–H groups in total. The number of fused-ring (bicyclic) bond motifs is 4. The number of amides is 1. The number of benzene rings is 1. The van der Waals surface area contributed by atoms with Crippen LogP contribution >= 0.6 is 0 Å². The second-order valence-electron chi connectivity index (χ2n) is 10.6. The normalized spacial score (nSPS) is 27.1. The van der Waals surface area contributed by atoms with Crippen LogP contribution in [0, 0.1) is 17.0 Å². The highest BCUT2D eigenvalue weighted by atomic mass is 19.2. The number of anilines is 3. The van der Waals surface area contributed by atoms with Gasteiger partial charge in [-0.1, -0.05) is 6.58 Å². The molecule has 5 fully saturated rings. The summed E-state index contributed by atoms with van der Waals surface area (Å²) in [4.78, 5) is 29.4. The average molecular weight is 521 g/mol. The molecule has 8 rings (SSSR count). The van der Waals surface area contributed by atoms with Gasteiger partial charge in [0.05, 0.1) is 42.6 Å². The Balaban J connectivity index is 1.11. The van der Waals surface area contributed by atoms with Crippen LogP contribution in [0.25, 0.3) is 11.0 Å². The van der Waals surface area contributed by atoms with Gasteiger partial charge in [-0.3, -0.25) is 4.79 Å². The number of carbonyl (C=O) groups is 1. The van der Waals surface area contributed by atoms with Crippen LogP contribution < -0.4 is 15.0 Å². The van der Waals surface area contributed by atoms with Crippen molar-refractivity contribution in [3.63, 3.8) is 0 Å². The van der Waals surface area contributed by atoms with Gasteiger partial charge in [-0.25, -0.2) is 19.3 Å². The molecule has 38 heavy (non-hydrogen) atoms. The highest BCUT2D eigenvalue weighted by molar-refractivity contribution is 5.89. The predicted molar refractivity (Wildman–Crippen MR) is 135 cm³/mol. The Kier molecular flexibility index (Phi) is 5.26. The van der Waals surface area contributed by atoms with Gasteiger partial charge < -0.3 is 24.6 Å². The minimum absolute atomic E-state index is 0.0573. The molecular formula is C27H26F2N6O3. The highest BCUT2D eigenvalue weighted by Crippen LogP contribution is 2.50. The van der Waals surface area contributed by atoms with E-state index in [4.69, 9.17) is 14.5 Å². The molecule has 3 aromatic rings. The monoisotopic (exact) mass is 520 g/mol. The lowest BCUT2D eigenvalue weighted by Gasteiger charge is -2.34. The van der Waals surface area contributed by atoms with Crippen molar-refractivity contribution >= 4 is 34.3 Å². The summed E-state index contributed by atoms with van der Waals surface area (Å²) in [5.41, 5.74) is 0.845. The molecule has 4 saturated heterocycles. The average Bonchev–Trinajstić information content (AvgIpc) is 3.71. The van der Waals surface area contributed by atoms with Crippen molar-refractivity contribution in [2.75, 3.05) is 36.5 Å². The van der Waals surface area contributed by atoms with Crippen LogP contribution in [0.4, 0.5) is 26.1 Å². The number of aromatic nitrogens is 3. The molecule has 2 atom stereocenters. The zero-order valence-corrected chi connectivity index (χ0v) is 20.6. The molecule has 0 radical (unpaired) electrons. The lowest BCUT2D eigenvalue weighted by molar-refractivity contribution is -0.127. The summed E-state index contributed by atoms with van der Waals surface area (Å²) in [7, 11) is 0. The first-order valence-electron chi connectivity index (χ1n) is 12.7. The van der Waals surface area contributed by atoms with E-state index in [1.807, 2.05) is 17.0 Å². The summed E-state index contributed by atoms with van der Waals surface area (Å²) in [5, 5.41) is 2.89. The van der Waals surface area contributed by atoms with E-state index >= 15 is 4.39 Å². The second-order valence-corrected chi connectivity index (χ2v) is 10.6. The van der Waals surface area contributed by atoms with E-state index in [2.05, 4.69) is 26.8 Å². The van der Waals surface area contributed by atoms with Crippen molar-refractivity contribution in [1.29, 1.82) is 0 Å². The van der Waals surface area contributed by atoms with Gasteiger partial charge in [0.1, 0.15) is 17.7 Å². The maximum atomic E-state index is 15.1. The largest absolute Gasteiger partial charge is 0.490 e. The van der Waals surface area contributed by atoms with Crippen molar-refractivity contribution < 1.29 is 23.0 Å². The molecule has 11 heteroatoms. The van der Waals surface area contributed by atoms with Gasteiger partial charge in [0.2, 0.25) is 11.7 Å². The number of halogens is 2. The zero-order chi connectivity index (χ0) is 26.0. The fourth-order valence-electron chi connectivity index (χ4n) is 6.21. The maximum Gasteiger partial charge on any atom is 0.246 e. The molecule has 9 nitrogen and oxygen atoms in total. The number of hydrogen-bond acceptors (Lipinski definition) is 8. The number of hydrogen-bond donors (Lipinski definition) is 1. The molecule has 4 bridgehead atoms. The van der Waals surface area contributed by atoms with Crippen molar-refractivity contribution in [2.45, 2.75) is 37.5 Å². The van der Waals surface area contributed by atoms with Gasteiger partial charge in [-0.05, 0) is 49.6 Å². The number of rotatable bonds is 7. The summed E-state index contributed by atoms with van der Waals surface area (Å²) >= 11 is 0. The second kappa shape index (κ2) is 8.59. The summed E-state index contributed by atoms with van der Waals surface area (Å²) in [6.07, 6.45) is 5.64. The fraction of sp³-hybridized carbons (Fsp3) is 0.407. The molecule has 2 aromatic heterocycles. The van der Waals surface area contributed by atoms with Gasteiger partial charge >= 0.3 is 0 Å². The third-order valence-electron chi connectivity index (χ3n) is 8.24. The van der Waals surface area contributed by atoms with Crippen molar-refractivity contribution in [1.82, 2.24) is 19.9 Å². The van der Waals surface area contributed by atoms with E-state index in [0.717, 1.165) is 25.1 Å². The minimum atomic E-state index is -1.06. The van der Waals surface area contributed by atoms with Gasteiger partial charge in [0.25, 0.3) is 0 Å². The van der Waals surface area contributed by atoms with Gasteiger partial charge in [0.15, 0.2) is 17.4 Å². The Labute approximate surface area is 217 Å². The van der Waals surface area contributed by atoms with E-state index in [1.54, 1.807) is 0 Å². The molecule has 4 aliphatic heterocycles. The third-order valence-corrected chi connectivity index (χ3v) is 8.24. The molecule has 1 aromatic carbocycles. The SMILES string of the molecule is C=CC(=O)N1C[C@@H]2C[C@H]1CN2c1ccc2ncnc(Nc3ccc(OCC45COC(C4)C5)c(F)c3F)c2n1. The van der Waals surface area contributed by atoms with Crippen LogP contribution in [-0.4, -0.2) is 70.2 Å². The number of likely N-dealkylation sites (tertiary alicyclic amines) is 1. The molecule has 1 amide bonds. The molecule has 6 heterocycles. The van der Waals surface area contributed by atoms with Crippen LogP contribution in [0.2, 0.25) is 0 Å². The van der Waals surface area contributed by atoms with Crippen LogP contribution in [0.5, 0.6) is 5.75 Å². The number of pyridine rings is 1. The number of ether oxygens (including phenoxy) is 2. The Bertz CT molecular complexity index is 1460. The number of nitrogens with one attached hydrogen (secondary N) is 1. The Morgan fingerprint density at radius 1 is 1.18 bits per heavy atom. The molecule has 196 valence electrons. The maximum absolute atomic E-state index is 15.1. The number of nitrogens with zero attached hydrogens (tertiary/aromatic N) is 5. The predicted octanol–water partition coefficient (Wildman–Crippen LogP) is 3.58. The molecule has 1 aliphatic carbocycles. The first-order valence-corrected chi connectivity index (χ1v) is 12.7. The lowest BCUT2D eigenvalue weighted by atomic mass is 9.71. The molecule has 0 unspecified atom stereocenters. The summed E-state index contributed by atoms with van der Waals surface area (Å²) in [5.74, 6) is -1.31.